The van der Waals surface area contributed by atoms with Gasteiger partial charge >= 0.3 is 0 Å². The summed E-state index contributed by atoms with van der Waals surface area (Å²) in [7, 11) is 0. The van der Waals surface area contributed by atoms with Crippen LogP contribution in [-0.2, 0) is 11.2 Å². The Labute approximate surface area is 147 Å². The minimum absolute atomic E-state index is 0.0680. The number of ether oxygens (including phenoxy) is 2. The van der Waals surface area contributed by atoms with E-state index >= 15 is 0 Å². The molecule has 128 valence electrons. The first kappa shape index (κ1) is 18.1. The van der Waals surface area contributed by atoms with Crippen molar-refractivity contribution in [3.8, 4) is 11.5 Å². The molecule has 0 atom stereocenters. The number of hydrogen-bond donors (Lipinski definition) is 1. The van der Waals surface area contributed by atoms with Crippen molar-refractivity contribution in [1.82, 2.24) is 0 Å². The molecule has 0 spiro atoms. The average molecular weight is 348 g/mol. The first-order valence-electron chi connectivity index (χ1n) is 8.07. The van der Waals surface area contributed by atoms with Crippen LogP contribution in [-0.4, -0.2) is 19.1 Å². The third kappa shape index (κ3) is 5.17. The van der Waals surface area contributed by atoms with Crippen molar-refractivity contribution in [2.75, 3.05) is 18.5 Å². The molecule has 1 amide bonds. The van der Waals surface area contributed by atoms with E-state index in [9.17, 15) is 4.79 Å². The van der Waals surface area contributed by atoms with Gasteiger partial charge in [-0.25, -0.2) is 0 Å². The second-order valence-electron chi connectivity index (χ2n) is 5.17. The first-order chi connectivity index (χ1) is 11.6. The maximum absolute atomic E-state index is 12.2. The van der Waals surface area contributed by atoms with Crippen molar-refractivity contribution in [1.29, 1.82) is 0 Å². The van der Waals surface area contributed by atoms with Crippen molar-refractivity contribution in [2.45, 2.75) is 26.7 Å². The van der Waals surface area contributed by atoms with E-state index < -0.39 is 0 Å². The highest BCUT2D eigenvalue weighted by Crippen LogP contribution is 2.30. The van der Waals surface area contributed by atoms with Crippen LogP contribution in [0.1, 0.15) is 25.8 Å². The topological polar surface area (TPSA) is 47.6 Å². The molecule has 2 rings (SSSR count). The first-order valence-corrected chi connectivity index (χ1v) is 8.44. The van der Waals surface area contributed by atoms with E-state index in [-0.39, 0.29) is 5.91 Å². The van der Waals surface area contributed by atoms with Crippen molar-refractivity contribution >= 4 is 23.2 Å². The van der Waals surface area contributed by atoms with E-state index in [0.29, 0.717) is 48.3 Å². The van der Waals surface area contributed by atoms with Gasteiger partial charge < -0.3 is 14.8 Å². The molecule has 0 aliphatic rings. The van der Waals surface area contributed by atoms with Crippen LogP contribution in [0.15, 0.2) is 42.5 Å². The third-order valence-electron chi connectivity index (χ3n) is 3.41. The van der Waals surface area contributed by atoms with Crippen LogP contribution in [0.3, 0.4) is 0 Å². The fraction of sp³-hybridized carbons (Fsp3) is 0.316. The van der Waals surface area contributed by atoms with Crippen LogP contribution in [0.2, 0.25) is 5.02 Å². The molecule has 0 unspecified atom stereocenters. The Morgan fingerprint density at radius 1 is 1.04 bits per heavy atom. The Hall–Kier alpha value is -2.20. The molecule has 0 aliphatic carbocycles. The van der Waals surface area contributed by atoms with Crippen molar-refractivity contribution in [3.63, 3.8) is 0 Å². The fourth-order valence-corrected chi connectivity index (χ4v) is 2.53. The smallest absolute Gasteiger partial charge is 0.224 e. The van der Waals surface area contributed by atoms with Crippen LogP contribution < -0.4 is 14.8 Å². The van der Waals surface area contributed by atoms with E-state index in [0.717, 1.165) is 5.56 Å². The second kappa shape index (κ2) is 9.18. The normalized spacial score (nSPS) is 10.3. The molecule has 0 aromatic heterocycles. The van der Waals surface area contributed by atoms with Gasteiger partial charge in [0, 0.05) is 23.2 Å². The molecular formula is C19H22ClNO3. The van der Waals surface area contributed by atoms with Gasteiger partial charge in [0.2, 0.25) is 5.91 Å². The summed E-state index contributed by atoms with van der Waals surface area (Å²) in [6.45, 7) is 4.91. The highest BCUT2D eigenvalue weighted by atomic mass is 35.5. The molecule has 0 radical (unpaired) electrons. The molecule has 0 saturated heterocycles. The van der Waals surface area contributed by atoms with E-state index in [1.807, 2.05) is 38.1 Å². The minimum atomic E-state index is -0.0680. The molecule has 0 saturated carbocycles. The number of hydrogen-bond acceptors (Lipinski definition) is 3. The standard InChI is InChI=1S/C19H22ClNO3/c1-3-23-17-11-10-15(13-18(17)24-4-2)21-19(22)12-9-14-7-5-6-8-16(14)20/h5-8,10-11,13H,3-4,9,12H2,1-2H3,(H,21,22). The Bertz CT molecular complexity index is 688. The number of carbonyl (C=O) groups excluding carboxylic acids is 1. The summed E-state index contributed by atoms with van der Waals surface area (Å²) >= 11 is 6.11. The maximum Gasteiger partial charge on any atom is 0.224 e. The lowest BCUT2D eigenvalue weighted by Crippen LogP contribution is -2.12. The van der Waals surface area contributed by atoms with Gasteiger partial charge in [-0.2, -0.15) is 0 Å². The van der Waals surface area contributed by atoms with Gasteiger partial charge in [0.1, 0.15) is 0 Å². The predicted octanol–water partition coefficient (Wildman–Crippen LogP) is 4.71. The Balaban J connectivity index is 1.98. The van der Waals surface area contributed by atoms with Crippen LogP contribution in [0.5, 0.6) is 11.5 Å². The number of anilines is 1. The molecular weight excluding hydrogens is 326 g/mol. The van der Waals surface area contributed by atoms with E-state index in [4.69, 9.17) is 21.1 Å². The van der Waals surface area contributed by atoms with E-state index in [2.05, 4.69) is 5.32 Å². The summed E-state index contributed by atoms with van der Waals surface area (Å²) in [5.74, 6) is 1.23. The van der Waals surface area contributed by atoms with Crippen LogP contribution in [0.25, 0.3) is 0 Å². The summed E-state index contributed by atoms with van der Waals surface area (Å²) in [6, 6.07) is 12.9. The number of aryl methyl sites for hydroxylation is 1. The maximum atomic E-state index is 12.2. The fourth-order valence-electron chi connectivity index (χ4n) is 2.30. The number of amides is 1. The Kier molecular flexibility index (Phi) is 6.94. The molecule has 1 N–H and O–H groups in total. The molecule has 4 nitrogen and oxygen atoms in total. The average Bonchev–Trinajstić information content (AvgIpc) is 2.57. The molecule has 0 heterocycles. The molecule has 0 aliphatic heterocycles. The quantitative estimate of drug-likeness (QED) is 0.752. The molecule has 24 heavy (non-hydrogen) atoms. The van der Waals surface area contributed by atoms with Gasteiger partial charge in [0.15, 0.2) is 11.5 Å². The van der Waals surface area contributed by atoms with Gasteiger partial charge in [0.05, 0.1) is 13.2 Å². The van der Waals surface area contributed by atoms with Crippen LogP contribution in [0.4, 0.5) is 5.69 Å². The number of rotatable bonds is 8. The van der Waals surface area contributed by atoms with Crippen molar-refractivity contribution < 1.29 is 14.3 Å². The summed E-state index contributed by atoms with van der Waals surface area (Å²) in [5.41, 5.74) is 1.65. The molecule has 0 fully saturated rings. The monoisotopic (exact) mass is 347 g/mol. The lowest BCUT2D eigenvalue weighted by Gasteiger charge is -2.13. The molecule has 2 aromatic carbocycles. The second-order valence-corrected chi connectivity index (χ2v) is 5.57. The summed E-state index contributed by atoms with van der Waals surface area (Å²) in [6.07, 6.45) is 0.960. The summed E-state index contributed by atoms with van der Waals surface area (Å²) in [5, 5.41) is 3.57. The minimum Gasteiger partial charge on any atom is -0.490 e. The van der Waals surface area contributed by atoms with E-state index in [1.54, 1.807) is 18.2 Å². The lowest BCUT2D eigenvalue weighted by molar-refractivity contribution is -0.116. The third-order valence-corrected chi connectivity index (χ3v) is 3.78. The van der Waals surface area contributed by atoms with E-state index in [1.165, 1.54) is 0 Å². The van der Waals surface area contributed by atoms with Crippen molar-refractivity contribution in [3.05, 3.63) is 53.1 Å². The van der Waals surface area contributed by atoms with Gasteiger partial charge in [-0.15, -0.1) is 0 Å². The lowest BCUT2D eigenvalue weighted by atomic mass is 10.1. The zero-order chi connectivity index (χ0) is 17.4. The molecule has 5 heteroatoms. The number of carbonyl (C=O) groups is 1. The van der Waals surface area contributed by atoms with Crippen LogP contribution >= 0.6 is 11.6 Å². The highest BCUT2D eigenvalue weighted by Gasteiger charge is 2.09. The highest BCUT2D eigenvalue weighted by molar-refractivity contribution is 6.31. The predicted molar refractivity (Wildman–Crippen MR) is 97.2 cm³/mol. The van der Waals surface area contributed by atoms with Crippen LogP contribution in [0, 0.1) is 0 Å². The largest absolute Gasteiger partial charge is 0.490 e. The zero-order valence-electron chi connectivity index (χ0n) is 14.0. The summed E-state index contributed by atoms with van der Waals surface area (Å²) in [4.78, 5) is 12.2. The van der Waals surface area contributed by atoms with Gasteiger partial charge in [0.25, 0.3) is 0 Å². The van der Waals surface area contributed by atoms with Crippen molar-refractivity contribution in [2.24, 2.45) is 0 Å². The number of nitrogens with one attached hydrogen (secondary N) is 1. The Morgan fingerprint density at radius 2 is 1.75 bits per heavy atom. The Morgan fingerprint density at radius 3 is 2.46 bits per heavy atom. The summed E-state index contributed by atoms with van der Waals surface area (Å²) < 4.78 is 11.1. The van der Waals surface area contributed by atoms with Gasteiger partial charge in [-0.05, 0) is 44.0 Å². The van der Waals surface area contributed by atoms with Gasteiger partial charge in [-0.1, -0.05) is 29.8 Å². The number of benzene rings is 2. The SMILES string of the molecule is CCOc1ccc(NC(=O)CCc2ccccc2Cl)cc1OCC. The molecule has 0 bridgehead atoms. The molecule has 2 aromatic rings. The van der Waals surface area contributed by atoms with Gasteiger partial charge in [-0.3, -0.25) is 4.79 Å². The number of halogens is 1. The zero-order valence-corrected chi connectivity index (χ0v) is 14.7.